The minimum Gasteiger partial charge on any atom is -0.453 e. The van der Waals surface area contributed by atoms with Crippen LogP contribution in [0.3, 0.4) is 0 Å². The maximum absolute atomic E-state index is 6.89. The van der Waals surface area contributed by atoms with Crippen molar-refractivity contribution in [1.82, 2.24) is 9.13 Å². The molecule has 0 saturated heterocycles. The fraction of sp³-hybridized carbons (Fsp3) is 0.105. The summed E-state index contributed by atoms with van der Waals surface area (Å²) in [5, 5.41) is 2.28. The average Bonchev–Trinajstić information content (AvgIpc) is 3.82. The van der Waals surface area contributed by atoms with Crippen LogP contribution in [0.2, 0.25) is 0 Å². The second-order valence-corrected chi connectivity index (χ2v) is 14.2. The summed E-state index contributed by atoms with van der Waals surface area (Å²) in [4.78, 5) is 0. The Morgan fingerprint density at radius 1 is 0.455 bits per heavy atom. The lowest BCUT2D eigenvalue weighted by Gasteiger charge is -2.08. The number of aromatic nitrogens is 2. The Hall–Kier alpha value is -4.78. The Morgan fingerprint density at radius 2 is 1.05 bits per heavy atom. The van der Waals surface area contributed by atoms with Crippen molar-refractivity contribution in [3.63, 3.8) is 0 Å². The number of thiophene rings is 2. The van der Waals surface area contributed by atoms with Gasteiger partial charge in [0.25, 0.3) is 0 Å². The van der Waals surface area contributed by atoms with Crippen molar-refractivity contribution in [2.24, 2.45) is 0 Å². The van der Waals surface area contributed by atoms with Gasteiger partial charge in [-0.15, -0.1) is 22.7 Å². The first-order valence-corrected chi connectivity index (χ1v) is 16.5. The maximum Gasteiger partial charge on any atom is 0.171 e. The minimum absolute atomic E-state index is 0.928. The molecule has 10 aromatic rings. The molecule has 44 heavy (non-hydrogen) atoms. The van der Waals surface area contributed by atoms with Crippen LogP contribution in [0.4, 0.5) is 0 Å². The number of benzene rings is 4. The van der Waals surface area contributed by atoms with Crippen molar-refractivity contribution in [3.8, 4) is 11.4 Å². The molecule has 0 aliphatic heterocycles. The van der Waals surface area contributed by atoms with Crippen LogP contribution < -0.4 is 0 Å². The molecule has 0 atom stereocenters. The van der Waals surface area contributed by atoms with Gasteiger partial charge in [-0.3, -0.25) is 0 Å². The van der Waals surface area contributed by atoms with Crippen LogP contribution in [0.15, 0.2) is 93.8 Å². The van der Waals surface area contributed by atoms with Crippen molar-refractivity contribution in [2.75, 3.05) is 0 Å². The third-order valence-electron chi connectivity index (χ3n) is 9.01. The molecule has 0 aliphatic carbocycles. The molecular formula is C38H26N2O2S2. The van der Waals surface area contributed by atoms with Gasteiger partial charge in [-0.05, 0) is 87.4 Å². The molecule has 0 spiro atoms. The zero-order valence-electron chi connectivity index (χ0n) is 24.6. The number of fused-ring (bicyclic) bond motifs is 13. The van der Waals surface area contributed by atoms with Crippen LogP contribution in [0, 0.1) is 27.7 Å². The second-order valence-electron chi connectivity index (χ2n) is 12.1. The fourth-order valence-electron chi connectivity index (χ4n) is 6.88. The molecule has 4 nitrogen and oxygen atoms in total. The molecule has 0 bridgehead atoms. The quantitative estimate of drug-likeness (QED) is 0.196. The Balaban J connectivity index is 1.37. The zero-order valence-corrected chi connectivity index (χ0v) is 26.2. The normalized spacial score (nSPS) is 12.5. The van der Waals surface area contributed by atoms with Gasteiger partial charge in [-0.1, -0.05) is 47.5 Å². The molecule has 212 valence electrons. The van der Waals surface area contributed by atoms with E-state index in [2.05, 4.69) is 122 Å². The summed E-state index contributed by atoms with van der Waals surface area (Å²) in [6.07, 6.45) is 0. The average molecular weight is 607 g/mol. The first-order chi connectivity index (χ1) is 21.4. The molecule has 4 aromatic carbocycles. The van der Waals surface area contributed by atoms with Crippen molar-refractivity contribution in [2.45, 2.75) is 27.7 Å². The number of aryl methyl sites for hydroxylation is 4. The third-order valence-corrected chi connectivity index (χ3v) is 11.5. The van der Waals surface area contributed by atoms with Crippen LogP contribution in [0.1, 0.15) is 22.3 Å². The predicted octanol–water partition coefficient (Wildman–Crippen LogP) is 11.9. The van der Waals surface area contributed by atoms with Crippen molar-refractivity contribution >= 4 is 96.6 Å². The van der Waals surface area contributed by atoms with Crippen LogP contribution in [0.5, 0.6) is 0 Å². The second kappa shape index (κ2) is 8.44. The minimum atomic E-state index is 0.928. The molecule has 0 fully saturated rings. The van der Waals surface area contributed by atoms with Gasteiger partial charge in [0.1, 0.15) is 16.6 Å². The van der Waals surface area contributed by atoms with E-state index < -0.39 is 0 Å². The number of furan rings is 2. The maximum atomic E-state index is 6.89. The zero-order chi connectivity index (χ0) is 29.4. The smallest absolute Gasteiger partial charge is 0.171 e. The molecule has 0 aliphatic rings. The Kier molecular flexibility index (Phi) is 4.72. The van der Waals surface area contributed by atoms with Gasteiger partial charge >= 0.3 is 0 Å². The Bertz CT molecular complexity index is 2790. The summed E-state index contributed by atoms with van der Waals surface area (Å²) in [6, 6.07) is 30.8. The highest BCUT2D eigenvalue weighted by molar-refractivity contribution is 7.37. The van der Waals surface area contributed by atoms with E-state index in [1.54, 1.807) is 11.3 Å². The van der Waals surface area contributed by atoms with Gasteiger partial charge in [0, 0.05) is 22.1 Å². The van der Waals surface area contributed by atoms with E-state index >= 15 is 0 Å². The Morgan fingerprint density at radius 3 is 1.77 bits per heavy atom. The van der Waals surface area contributed by atoms with E-state index in [9.17, 15) is 0 Å². The van der Waals surface area contributed by atoms with Gasteiger partial charge in [-0.2, -0.15) is 0 Å². The predicted molar refractivity (Wildman–Crippen MR) is 187 cm³/mol. The van der Waals surface area contributed by atoms with E-state index in [1.165, 1.54) is 52.1 Å². The first-order valence-electron chi connectivity index (χ1n) is 14.8. The Labute approximate surface area is 259 Å². The van der Waals surface area contributed by atoms with Gasteiger partial charge < -0.3 is 18.0 Å². The largest absolute Gasteiger partial charge is 0.453 e. The first kappa shape index (κ1) is 24.6. The number of hydrogen-bond acceptors (Lipinski definition) is 4. The van der Waals surface area contributed by atoms with E-state index in [-0.39, 0.29) is 0 Å². The van der Waals surface area contributed by atoms with E-state index in [1.807, 2.05) is 11.3 Å². The molecule has 6 heterocycles. The standard InChI is InChI=1S/C38H26N2O2S2/c1-19-5-11-23(12-6-19)39-27-17-21(3)9-15-25(27)32-30(39)35-34(42-32)38-37(43-35)31-36(44-38)33-29(26-16-10-22(4)18-28(26)41-33)40(31)24-13-7-20(2)8-14-24/h5-18H,1-4H3. The van der Waals surface area contributed by atoms with Gasteiger partial charge in [0.15, 0.2) is 16.7 Å². The highest BCUT2D eigenvalue weighted by atomic mass is 32.1. The lowest BCUT2D eigenvalue weighted by Crippen LogP contribution is -1.93. The molecule has 6 heteroatoms. The summed E-state index contributed by atoms with van der Waals surface area (Å²) < 4.78 is 23.1. The molecule has 0 amide bonds. The van der Waals surface area contributed by atoms with Crippen LogP contribution in [-0.2, 0) is 0 Å². The van der Waals surface area contributed by atoms with Crippen molar-refractivity contribution < 1.29 is 8.83 Å². The SMILES string of the molecule is Cc1ccc(-n2c3cc(C)ccc3c3oc4c5sc6c7oc8cc(C)ccc8c7n(-c7ccc(C)cc7)c6c5sc4c32)cc1. The number of nitrogens with zero attached hydrogens (tertiary/aromatic N) is 2. The summed E-state index contributed by atoms with van der Waals surface area (Å²) >= 11 is 3.63. The molecular weight excluding hydrogens is 581 g/mol. The van der Waals surface area contributed by atoms with Gasteiger partial charge in [-0.25, -0.2) is 0 Å². The summed E-state index contributed by atoms with van der Waals surface area (Å²) in [5.41, 5.74) is 15.6. The van der Waals surface area contributed by atoms with E-state index in [0.717, 1.165) is 55.5 Å². The molecule has 0 saturated carbocycles. The number of rotatable bonds is 2. The highest BCUT2D eigenvalue weighted by Crippen LogP contribution is 2.53. The van der Waals surface area contributed by atoms with Crippen LogP contribution >= 0.6 is 22.7 Å². The van der Waals surface area contributed by atoms with Gasteiger partial charge in [0.2, 0.25) is 0 Å². The van der Waals surface area contributed by atoms with E-state index in [4.69, 9.17) is 8.83 Å². The monoisotopic (exact) mass is 606 g/mol. The molecule has 6 aromatic heterocycles. The van der Waals surface area contributed by atoms with Gasteiger partial charge in [0.05, 0.1) is 29.8 Å². The summed E-state index contributed by atoms with van der Waals surface area (Å²) in [6.45, 7) is 8.54. The lowest BCUT2D eigenvalue weighted by atomic mass is 10.2. The van der Waals surface area contributed by atoms with Crippen LogP contribution in [0.25, 0.3) is 85.3 Å². The summed E-state index contributed by atoms with van der Waals surface area (Å²) in [7, 11) is 0. The number of hydrogen-bond donors (Lipinski definition) is 0. The van der Waals surface area contributed by atoms with Crippen molar-refractivity contribution in [1.29, 1.82) is 0 Å². The molecule has 0 N–H and O–H groups in total. The molecule has 0 radical (unpaired) electrons. The third kappa shape index (κ3) is 3.11. The topological polar surface area (TPSA) is 36.1 Å². The fourth-order valence-corrected chi connectivity index (χ4v) is 9.61. The molecule has 0 unspecified atom stereocenters. The van der Waals surface area contributed by atoms with E-state index in [0.29, 0.717) is 0 Å². The van der Waals surface area contributed by atoms with Crippen molar-refractivity contribution in [3.05, 3.63) is 107 Å². The molecule has 10 rings (SSSR count). The van der Waals surface area contributed by atoms with Crippen LogP contribution in [-0.4, -0.2) is 9.13 Å². The highest BCUT2D eigenvalue weighted by Gasteiger charge is 2.29. The lowest BCUT2D eigenvalue weighted by molar-refractivity contribution is 0.673. The summed E-state index contributed by atoms with van der Waals surface area (Å²) in [5.74, 6) is 0.